The van der Waals surface area contributed by atoms with Crippen molar-refractivity contribution in [3.8, 4) is 0 Å². The number of benzene rings is 1. The molecular formula is C13H15ClF3N. The van der Waals surface area contributed by atoms with Gasteiger partial charge in [0.05, 0.1) is 10.6 Å². The molecule has 1 N–H and O–H groups in total. The SMILES string of the molecule is CC1CCC(c2ccc(C(F)(F)F)c(Cl)c2)NC1. The monoisotopic (exact) mass is 277 g/mol. The molecule has 18 heavy (non-hydrogen) atoms. The van der Waals surface area contributed by atoms with Crippen molar-refractivity contribution >= 4 is 11.6 Å². The van der Waals surface area contributed by atoms with Gasteiger partial charge >= 0.3 is 6.18 Å². The van der Waals surface area contributed by atoms with Crippen molar-refractivity contribution in [3.05, 3.63) is 34.3 Å². The van der Waals surface area contributed by atoms with Crippen molar-refractivity contribution in [1.82, 2.24) is 5.32 Å². The molecule has 0 aromatic heterocycles. The van der Waals surface area contributed by atoms with E-state index in [9.17, 15) is 13.2 Å². The molecule has 100 valence electrons. The van der Waals surface area contributed by atoms with Crippen LogP contribution < -0.4 is 5.32 Å². The topological polar surface area (TPSA) is 12.0 Å². The molecular weight excluding hydrogens is 263 g/mol. The lowest BCUT2D eigenvalue weighted by molar-refractivity contribution is -0.137. The van der Waals surface area contributed by atoms with Crippen molar-refractivity contribution in [1.29, 1.82) is 0 Å². The third-order valence-corrected chi connectivity index (χ3v) is 3.67. The first-order chi connectivity index (χ1) is 8.38. The number of piperidine rings is 1. The Morgan fingerprint density at radius 3 is 2.50 bits per heavy atom. The molecule has 0 radical (unpaired) electrons. The summed E-state index contributed by atoms with van der Waals surface area (Å²) in [6, 6.07) is 4.12. The second kappa shape index (κ2) is 5.10. The Balaban J connectivity index is 2.19. The number of hydrogen-bond donors (Lipinski definition) is 1. The van der Waals surface area contributed by atoms with E-state index in [4.69, 9.17) is 11.6 Å². The van der Waals surface area contributed by atoms with Crippen LogP contribution in [0.4, 0.5) is 13.2 Å². The molecule has 5 heteroatoms. The molecule has 1 aromatic carbocycles. The van der Waals surface area contributed by atoms with Crippen LogP contribution in [0.1, 0.15) is 36.9 Å². The zero-order chi connectivity index (χ0) is 13.3. The first-order valence-corrected chi connectivity index (χ1v) is 6.35. The molecule has 0 spiro atoms. The molecule has 1 aliphatic heterocycles. The van der Waals surface area contributed by atoms with E-state index in [2.05, 4.69) is 12.2 Å². The fourth-order valence-corrected chi connectivity index (χ4v) is 2.56. The summed E-state index contributed by atoms with van der Waals surface area (Å²) >= 11 is 5.71. The maximum Gasteiger partial charge on any atom is 0.417 e. The molecule has 2 rings (SSSR count). The molecule has 1 aromatic rings. The second-order valence-corrected chi connectivity index (χ2v) is 5.29. The van der Waals surface area contributed by atoms with Crippen LogP contribution in [0.2, 0.25) is 5.02 Å². The molecule has 1 heterocycles. The third kappa shape index (κ3) is 2.98. The van der Waals surface area contributed by atoms with Gasteiger partial charge in [-0.15, -0.1) is 0 Å². The van der Waals surface area contributed by atoms with Gasteiger partial charge in [-0.2, -0.15) is 13.2 Å². The van der Waals surface area contributed by atoms with E-state index in [-0.39, 0.29) is 11.1 Å². The quantitative estimate of drug-likeness (QED) is 0.801. The molecule has 1 saturated heterocycles. The number of hydrogen-bond acceptors (Lipinski definition) is 1. The lowest BCUT2D eigenvalue weighted by Crippen LogP contribution is -2.31. The van der Waals surface area contributed by atoms with Crippen LogP contribution in [-0.2, 0) is 6.18 Å². The highest BCUT2D eigenvalue weighted by Crippen LogP contribution is 2.36. The number of rotatable bonds is 1. The Hall–Kier alpha value is -0.740. The first kappa shape index (κ1) is 13.7. The standard InChI is InChI=1S/C13H15ClF3N/c1-8-2-5-12(18-7-8)9-3-4-10(11(14)6-9)13(15,16)17/h3-4,6,8,12,18H,2,5,7H2,1H3. The van der Waals surface area contributed by atoms with E-state index in [1.807, 2.05) is 0 Å². The summed E-state index contributed by atoms with van der Waals surface area (Å²) in [5.41, 5.74) is 0.0667. The Kier molecular flexibility index (Phi) is 3.87. The predicted octanol–water partition coefficient (Wildman–Crippen LogP) is 4.42. The molecule has 0 bridgehead atoms. The number of halogens is 4. The lowest BCUT2D eigenvalue weighted by atomic mass is 9.92. The van der Waals surface area contributed by atoms with Crippen molar-refractivity contribution in [3.63, 3.8) is 0 Å². The van der Waals surface area contributed by atoms with Gasteiger partial charge in [0.15, 0.2) is 0 Å². The van der Waals surface area contributed by atoms with Gasteiger partial charge in [0.1, 0.15) is 0 Å². The highest BCUT2D eigenvalue weighted by molar-refractivity contribution is 6.31. The zero-order valence-electron chi connectivity index (χ0n) is 10.0. The average Bonchev–Trinajstić information content (AvgIpc) is 2.28. The second-order valence-electron chi connectivity index (χ2n) is 4.88. The lowest BCUT2D eigenvalue weighted by Gasteiger charge is -2.28. The van der Waals surface area contributed by atoms with Gasteiger partial charge in [-0.3, -0.25) is 0 Å². The minimum Gasteiger partial charge on any atom is -0.310 e. The Labute approximate surface area is 109 Å². The van der Waals surface area contributed by atoms with Crippen LogP contribution in [0.25, 0.3) is 0 Å². The molecule has 1 fully saturated rings. The van der Waals surface area contributed by atoms with Gasteiger partial charge in [0, 0.05) is 6.04 Å². The first-order valence-electron chi connectivity index (χ1n) is 5.98. The Morgan fingerprint density at radius 2 is 2.00 bits per heavy atom. The van der Waals surface area contributed by atoms with E-state index in [0.29, 0.717) is 5.92 Å². The van der Waals surface area contributed by atoms with E-state index >= 15 is 0 Å². The molecule has 2 unspecified atom stereocenters. The normalized spacial score (nSPS) is 25.2. The summed E-state index contributed by atoms with van der Waals surface area (Å²) in [4.78, 5) is 0. The molecule has 0 amide bonds. The summed E-state index contributed by atoms with van der Waals surface area (Å²) in [5, 5.41) is 3.11. The van der Waals surface area contributed by atoms with Crippen LogP contribution in [0, 0.1) is 5.92 Å². The predicted molar refractivity (Wildman–Crippen MR) is 65.6 cm³/mol. The molecule has 0 aliphatic carbocycles. The number of alkyl halides is 3. The van der Waals surface area contributed by atoms with E-state index in [1.165, 1.54) is 12.1 Å². The number of nitrogens with one attached hydrogen (secondary N) is 1. The van der Waals surface area contributed by atoms with Crippen molar-refractivity contribution < 1.29 is 13.2 Å². The fourth-order valence-electron chi connectivity index (χ4n) is 2.26. The zero-order valence-corrected chi connectivity index (χ0v) is 10.8. The van der Waals surface area contributed by atoms with Gasteiger partial charge in [-0.05, 0) is 43.0 Å². The molecule has 2 atom stereocenters. The van der Waals surface area contributed by atoms with Gasteiger partial charge < -0.3 is 5.32 Å². The van der Waals surface area contributed by atoms with Gasteiger partial charge in [-0.25, -0.2) is 0 Å². The molecule has 1 nitrogen and oxygen atoms in total. The van der Waals surface area contributed by atoms with Gasteiger partial charge in [0.2, 0.25) is 0 Å². The summed E-state index contributed by atoms with van der Waals surface area (Å²) in [6.07, 6.45) is -2.37. The molecule has 1 aliphatic rings. The van der Waals surface area contributed by atoms with Crippen molar-refractivity contribution in [2.45, 2.75) is 32.0 Å². The van der Waals surface area contributed by atoms with Gasteiger partial charge in [-0.1, -0.05) is 24.6 Å². The maximum atomic E-state index is 12.6. The summed E-state index contributed by atoms with van der Waals surface area (Å²) in [6.45, 7) is 3.05. The summed E-state index contributed by atoms with van der Waals surface area (Å²) < 4.78 is 37.7. The van der Waals surface area contributed by atoms with Crippen LogP contribution >= 0.6 is 11.6 Å². The summed E-state index contributed by atoms with van der Waals surface area (Å²) in [7, 11) is 0. The van der Waals surface area contributed by atoms with Crippen LogP contribution in [0.5, 0.6) is 0 Å². The van der Waals surface area contributed by atoms with E-state index in [0.717, 1.165) is 31.0 Å². The fraction of sp³-hybridized carbons (Fsp3) is 0.538. The third-order valence-electron chi connectivity index (χ3n) is 3.36. The maximum absolute atomic E-state index is 12.6. The Morgan fingerprint density at radius 1 is 1.28 bits per heavy atom. The highest BCUT2D eigenvalue weighted by Gasteiger charge is 2.33. The van der Waals surface area contributed by atoms with E-state index < -0.39 is 11.7 Å². The van der Waals surface area contributed by atoms with Crippen LogP contribution in [-0.4, -0.2) is 6.54 Å². The Bertz CT molecular complexity index is 423. The van der Waals surface area contributed by atoms with E-state index in [1.54, 1.807) is 0 Å². The van der Waals surface area contributed by atoms with Crippen molar-refractivity contribution in [2.24, 2.45) is 5.92 Å². The minimum atomic E-state index is -4.38. The van der Waals surface area contributed by atoms with Gasteiger partial charge in [0.25, 0.3) is 0 Å². The largest absolute Gasteiger partial charge is 0.417 e. The van der Waals surface area contributed by atoms with Crippen LogP contribution in [0.15, 0.2) is 18.2 Å². The summed E-state index contributed by atoms with van der Waals surface area (Å²) in [5.74, 6) is 0.617. The van der Waals surface area contributed by atoms with Crippen LogP contribution in [0.3, 0.4) is 0 Å². The van der Waals surface area contributed by atoms with Crippen molar-refractivity contribution in [2.75, 3.05) is 6.54 Å². The smallest absolute Gasteiger partial charge is 0.310 e. The highest BCUT2D eigenvalue weighted by atomic mass is 35.5. The average molecular weight is 278 g/mol. The minimum absolute atomic E-state index is 0.112. The molecule has 0 saturated carbocycles.